The van der Waals surface area contributed by atoms with Crippen LogP contribution in [0, 0.1) is 13.8 Å². The number of nitrogens with zero attached hydrogens (tertiary/aromatic N) is 2. The number of aryl methyl sites for hydroxylation is 2. The van der Waals surface area contributed by atoms with E-state index in [2.05, 4.69) is 42.1 Å². The molecule has 0 radical (unpaired) electrons. The quantitative estimate of drug-likeness (QED) is 0.876. The first kappa shape index (κ1) is 11.9. The van der Waals surface area contributed by atoms with Crippen molar-refractivity contribution in [3.05, 3.63) is 33.8 Å². The van der Waals surface area contributed by atoms with Crippen LogP contribution in [0.15, 0.2) is 18.5 Å². The highest BCUT2D eigenvalue weighted by Crippen LogP contribution is 2.28. The molecule has 2 heterocycles. The third-order valence-corrected chi connectivity index (χ3v) is 3.61. The van der Waals surface area contributed by atoms with E-state index in [0.29, 0.717) is 11.6 Å². The minimum absolute atomic E-state index is 0.180. The van der Waals surface area contributed by atoms with Gasteiger partial charge in [-0.2, -0.15) is 0 Å². The van der Waals surface area contributed by atoms with Crippen molar-refractivity contribution in [3.63, 3.8) is 0 Å². The molecule has 3 N–H and O–H groups in total. The molecule has 90 valence electrons. The molecule has 0 aliphatic carbocycles. The standard InChI is InChI=1S/C12H16N4S/c1-7-6-10(9(3)17-7)8(2)16-12-11(13)14-4-5-15-12/h4-6,8H,1-3H3,(H2,13,14)(H,15,16). The highest BCUT2D eigenvalue weighted by atomic mass is 32.1. The lowest BCUT2D eigenvalue weighted by molar-refractivity contribution is 0.870. The van der Waals surface area contributed by atoms with Crippen molar-refractivity contribution in [2.24, 2.45) is 0 Å². The van der Waals surface area contributed by atoms with Gasteiger partial charge in [0.1, 0.15) is 0 Å². The Bertz CT molecular complexity index is 521. The Balaban J connectivity index is 2.20. The van der Waals surface area contributed by atoms with Gasteiger partial charge in [0.2, 0.25) is 0 Å². The van der Waals surface area contributed by atoms with E-state index in [9.17, 15) is 0 Å². The van der Waals surface area contributed by atoms with Crippen LogP contribution in [0.5, 0.6) is 0 Å². The summed E-state index contributed by atoms with van der Waals surface area (Å²) >= 11 is 1.81. The van der Waals surface area contributed by atoms with Crippen molar-refractivity contribution in [3.8, 4) is 0 Å². The summed E-state index contributed by atoms with van der Waals surface area (Å²) in [6.45, 7) is 6.35. The Morgan fingerprint density at radius 1 is 1.29 bits per heavy atom. The van der Waals surface area contributed by atoms with Crippen LogP contribution in [0.2, 0.25) is 0 Å². The lowest BCUT2D eigenvalue weighted by Crippen LogP contribution is -2.10. The van der Waals surface area contributed by atoms with E-state index >= 15 is 0 Å². The summed E-state index contributed by atoms with van der Waals surface area (Å²) in [4.78, 5) is 10.8. The molecule has 0 saturated carbocycles. The second kappa shape index (κ2) is 4.71. The molecule has 0 fully saturated rings. The maximum atomic E-state index is 5.76. The van der Waals surface area contributed by atoms with E-state index in [4.69, 9.17) is 5.73 Å². The Morgan fingerprint density at radius 2 is 2.00 bits per heavy atom. The molecule has 0 aliphatic rings. The minimum atomic E-state index is 0.180. The van der Waals surface area contributed by atoms with Gasteiger partial charge in [0.25, 0.3) is 0 Å². The highest BCUT2D eigenvalue weighted by Gasteiger charge is 2.12. The zero-order valence-corrected chi connectivity index (χ0v) is 11.0. The van der Waals surface area contributed by atoms with Gasteiger partial charge in [0.05, 0.1) is 6.04 Å². The average molecular weight is 248 g/mol. The number of thiophene rings is 1. The Labute approximate surface area is 105 Å². The van der Waals surface area contributed by atoms with Crippen molar-refractivity contribution in [1.29, 1.82) is 0 Å². The van der Waals surface area contributed by atoms with Crippen LogP contribution in [0.3, 0.4) is 0 Å². The van der Waals surface area contributed by atoms with Gasteiger partial charge in [-0.1, -0.05) is 0 Å². The number of hydrogen-bond acceptors (Lipinski definition) is 5. The topological polar surface area (TPSA) is 63.8 Å². The Kier molecular flexibility index (Phi) is 3.28. The third-order valence-electron chi connectivity index (χ3n) is 2.63. The number of nitrogens with two attached hydrogens (primary N) is 1. The summed E-state index contributed by atoms with van der Waals surface area (Å²) in [5.41, 5.74) is 7.05. The third kappa shape index (κ3) is 2.55. The fourth-order valence-electron chi connectivity index (χ4n) is 1.82. The first-order valence-electron chi connectivity index (χ1n) is 5.48. The van der Waals surface area contributed by atoms with E-state index in [1.165, 1.54) is 15.3 Å². The summed E-state index contributed by atoms with van der Waals surface area (Å²) in [5, 5.41) is 3.29. The fourth-order valence-corrected chi connectivity index (χ4v) is 2.85. The maximum Gasteiger partial charge on any atom is 0.169 e. The molecule has 1 unspecified atom stereocenters. The molecule has 0 spiro atoms. The van der Waals surface area contributed by atoms with Crippen LogP contribution in [-0.4, -0.2) is 9.97 Å². The zero-order valence-electron chi connectivity index (χ0n) is 10.2. The Morgan fingerprint density at radius 3 is 2.59 bits per heavy atom. The van der Waals surface area contributed by atoms with Crippen molar-refractivity contribution < 1.29 is 0 Å². The molecule has 2 aromatic rings. The van der Waals surface area contributed by atoms with E-state index in [1.807, 2.05) is 0 Å². The van der Waals surface area contributed by atoms with Gasteiger partial charge in [0, 0.05) is 22.1 Å². The maximum absolute atomic E-state index is 5.76. The predicted octanol–water partition coefficient (Wildman–Crippen LogP) is 2.91. The van der Waals surface area contributed by atoms with Gasteiger partial charge in [0.15, 0.2) is 11.6 Å². The van der Waals surface area contributed by atoms with E-state index in [0.717, 1.165) is 0 Å². The van der Waals surface area contributed by atoms with Crippen molar-refractivity contribution in [1.82, 2.24) is 9.97 Å². The summed E-state index contributed by atoms with van der Waals surface area (Å²) in [6, 6.07) is 2.38. The SMILES string of the molecule is Cc1cc(C(C)Nc2nccnc2N)c(C)s1. The molecule has 5 heteroatoms. The molecule has 4 nitrogen and oxygen atoms in total. The van der Waals surface area contributed by atoms with Crippen LogP contribution < -0.4 is 11.1 Å². The summed E-state index contributed by atoms with van der Waals surface area (Å²) in [5.74, 6) is 1.08. The van der Waals surface area contributed by atoms with Gasteiger partial charge in [-0.15, -0.1) is 11.3 Å². The molecular formula is C12H16N4S. The molecule has 1 atom stereocenters. The van der Waals surface area contributed by atoms with Crippen LogP contribution in [-0.2, 0) is 0 Å². The number of nitrogens with one attached hydrogen (secondary N) is 1. The molecular weight excluding hydrogens is 232 g/mol. The number of nitrogen functional groups attached to an aromatic ring is 1. The number of rotatable bonds is 3. The van der Waals surface area contributed by atoms with Gasteiger partial charge in [-0.05, 0) is 32.4 Å². The lowest BCUT2D eigenvalue weighted by Gasteiger charge is -2.15. The summed E-state index contributed by atoms with van der Waals surface area (Å²) < 4.78 is 0. The monoisotopic (exact) mass is 248 g/mol. The Hall–Kier alpha value is -1.62. The largest absolute Gasteiger partial charge is 0.381 e. The molecule has 0 aromatic carbocycles. The van der Waals surface area contributed by atoms with Crippen molar-refractivity contribution in [2.75, 3.05) is 11.1 Å². The molecule has 2 aromatic heterocycles. The average Bonchev–Trinajstić information content (AvgIpc) is 2.61. The normalized spacial score (nSPS) is 12.4. The highest BCUT2D eigenvalue weighted by molar-refractivity contribution is 7.12. The lowest BCUT2D eigenvalue weighted by atomic mass is 10.1. The molecule has 0 bridgehead atoms. The van der Waals surface area contributed by atoms with Crippen LogP contribution in [0.25, 0.3) is 0 Å². The number of hydrogen-bond donors (Lipinski definition) is 2. The number of anilines is 2. The second-order valence-corrected chi connectivity index (χ2v) is 5.49. The van der Waals surface area contributed by atoms with Gasteiger partial charge in [-0.25, -0.2) is 9.97 Å². The second-order valence-electron chi connectivity index (χ2n) is 4.02. The van der Waals surface area contributed by atoms with Crippen molar-refractivity contribution in [2.45, 2.75) is 26.8 Å². The molecule has 0 amide bonds. The fraction of sp³-hybridized carbons (Fsp3) is 0.333. The smallest absolute Gasteiger partial charge is 0.169 e. The molecule has 2 rings (SSSR count). The molecule has 0 saturated heterocycles. The zero-order chi connectivity index (χ0) is 12.4. The predicted molar refractivity (Wildman–Crippen MR) is 72.3 cm³/mol. The number of aromatic nitrogens is 2. The van der Waals surface area contributed by atoms with Crippen LogP contribution in [0.4, 0.5) is 11.6 Å². The first-order chi connectivity index (χ1) is 8.08. The van der Waals surface area contributed by atoms with Crippen molar-refractivity contribution >= 4 is 23.0 Å². The summed E-state index contributed by atoms with van der Waals surface area (Å²) in [6.07, 6.45) is 3.22. The summed E-state index contributed by atoms with van der Waals surface area (Å²) in [7, 11) is 0. The molecule has 0 aliphatic heterocycles. The van der Waals surface area contributed by atoms with Crippen LogP contribution in [0.1, 0.15) is 28.3 Å². The van der Waals surface area contributed by atoms with E-state index < -0.39 is 0 Å². The van der Waals surface area contributed by atoms with Gasteiger partial charge < -0.3 is 11.1 Å². The minimum Gasteiger partial charge on any atom is -0.381 e. The van der Waals surface area contributed by atoms with E-state index in [1.54, 1.807) is 23.7 Å². The van der Waals surface area contributed by atoms with Gasteiger partial charge in [-0.3, -0.25) is 0 Å². The molecule has 17 heavy (non-hydrogen) atoms. The van der Waals surface area contributed by atoms with Crippen LogP contribution >= 0.6 is 11.3 Å². The van der Waals surface area contributed by atoms with Gasteiger partial charge >= 0.3 is 0 Å². The first-order valence-corrected chi connectivity index (χ1v) is 6.29. The van der Waals surface area contributed by atoms with E-state index in [-0.39, 0.29) is 6.04 Å².